The summed E-state index contributed by atoms with van der Waals surface area (Å²) in [5.41, 5.74) is 2.18. The Morgan fingerprint density at radius 1 is 1.33 bits per heavy atom. The SMILES string of the molecule is C[C@@H]1CC=Cc2c1ccc([C@@](C)(O)CO)c2CO. The molecule has 98 valence electrons. The van der Waals surface area contributed by atoms with Gasteiger partial charge in [-0.2, -0.15) is 0 Å². The largest absolute Gasteiger partial charge is 0.393 e. The van der Waals surface area contributed by atoms with Crippen LogP contribution in [0, 0.1) is 0 Å². The van der Waals surface area contributed by atoms with Gasteiger partial charge in [-0.25, -0.2) is 0 Å². The van der Waals surface area contributed by atoms with Gasteiger partial charge in [0.05, 0.1) is 13.2 Å². The molecule has 0 fully saturated rings. The molecule has 3 nitrogen and oxygen atoms in total. The molecule has 0 aliphatic heterocycles. The summed E-state index contributed by atoms with van der Waals surface area (Å²) in [5.74, 6) is 0.420. The van der Waals surface area contributed by atoms with Crippen LogP contribution in [-0.4, -0.2) is 21.9 Å². The second-order valence-corrected chi connectivity index (χ2v) is 5.22. The molecular weight excluding hydrogens is 228 g/mol. The van der Waals surface area contributed by atoms with E-state index in [2.05, 4.69) is 13.0 Å². The molecule has 2 atom stereocenters. The van der Waals surface area contributed by atoms with E-state index in [1.54, 1.807) is 6.92 Å². The standard InChI is InChI=1S/C15H20O3/c1-10-4-3-5-12-11(10)6-7-14(13(12)8-16)15(2,18)9-17/h3,5-7,10,16-18H,4,8-9H2,1-2H3/t10-,15+/m1/s1. The van der Waals surface area contributed by atoms with Gasteiger partial charge >= 0.3 is 0 Å². The van der Waals surface area contributed by atoms with Crippen LogP contribution in [0.2, 0.25) is 0 Å². The Hall–Kier alpha value is -1.16. The number of allylic oxidation sites excluding steroid dienone is 1. The van der Waals surface area contributed by atoms with E-state index >= 15 is 0 Å². The summed E-state index contributed by atoms with van der Waals surface area (Å²) in [7, 11) is 0. The maximum absolute atomic E-state index is 10.2. The lowest BCUT2D eigenvalue weighted by atomic mass is 9.81. The van der Waals surface area contributed by atoms with Gasteiger partial charge in [-0.05, 0) is 41.5 Å². The van der Waals surface area contributed by atoms with Crippen LogP contribution in [0.4, 0.5) is 0 Å². The smallest absolute Gasteiger partial charge is 0.110 e. The molecule has 0 aromatic heterocycles. The number of aliphatic hydroxyl groups is 3. The number of aliphatic hydroxyl groups excluding tert-OH is 2. The van der Waals surface area contributed by atoms with Crippen molar-refractivity contribution in [3.63, 3.8) is 0 Å². The van der Waals surface area contributed by atoms with Crippen LogP contribution in [0.15, 0.2) is 18.2 Å². The molecule has 3 heteroatoms. The lowest BCUT2D eigenvalue weighted by Gasteiger charge is -2.28. The number of fused-ring (bicyclic) bond motifs is 1. The van der Waals surface area contributed by atoms with Crippen LogP contribution in [0.1, 0.15) is 48.4 Å². The lowest BCUT2D eigenvalue weighted by molar-refractivity contribution is -0.00381. The maximum atomic E-state index is 10.2. The van der Waals surface area contributed by atoms with E-state index in [9.17, 15) is 15.3 Å². The van der Waals surface area contributed by atoms with E-state index in [1.807, 2.05) is 18.2 Å². The molecule has 1 aliphatic rings. The highest BCUT2D eigenvalue weighted by Crippen LogP contribution is 2.36. The van der Waals surface area contributed by atoms with Crippen molar-refractivity contribution in [3.8, 4) is 0 Å². The first kappa shape index (κ1) is 13.3. The Balaban J connectivity index is 2.63. The monoisotopic (exact) mass is 248 g/mol. The molecule has 0 unspecified atom stereocenters. The Morgan fingerprint density at radius 3 is 2.67 bits per heavy atom. The minimum atomic E-state index is -1.32. The van der Waals surface area contributed by atoms with Gasteiger partial charge in [0.15, 0.2) is 0 Å². The van der Waals surface area contributed by atoms with Gasteiger partial charge in [0.2, 0.25) is 0 Å². The van der Waals surface area contributed by atoms with Crippen LogP contribution >= 0.6 is 0 Å². The molecular formula is C15H20O3. The lowest BCUT2D eigenvalue weighted by Crippen LogP contribution is -2.28. The van der Waals surface area contributed by atoms with Crippen molar-refractivity contribution in [2.75, 3.05) is 6.61 Å². The summed E-state index contributed by atoms with van der Waals surface area (Å²) in [6.45, 7) is 3.21. The summed E-state index contributed by atoms with van der Waals surface area (Å²) in [6.07, 6.45) is 5.08. The highest BCUT2D eigenvalue weighted by molar-refractivity contribution is 5.63. The Labute approximate surface area is 107 Å². The molecule has 1 aromatic carbocycles. The van der Waals surface area contributed by atoms with Crippen molar-refractivity contribution in [1.82, 2.24) is 0 Å². The zero-order valence-corrected chi connectivity index (χ0v) is 10.8. The van der Waals surface area contributed by atoms with E-state index in [1.165, 1.54) is 5.56 Å². The van der Waals surface area contributed by atoms with Gasteiger partial charge in [0, 0.05) is 0 Å². The molecule has 0 saturated carbocycles. The normalized spacial score (nSPS) is 21.5. The second-order valence-electron chi connectivity index (χ2n) is 5.22. The Bertz CT molecular complexity index is 475. The van der Waals surface area contributed by atoms with Crippen LogP contribution in [-0.2, 0) is 12.2 Å². The van der Waals surface area contributed by atoms with Gasteiger partial charge in [-0.15, -0.1) is 0 Å². The summed E-state index contributed by atoms with van der Waals surface area (Å²) < 4.78 is 0. The Kier molecular flexibility index (Phi) is 3.57. The predicted octanol–water partition coefficient (Wildman–Crippen LogP) is 1.90. The highest BCUT2D eigenvalue weighted by Gasteiger charge is 2.28. The van der Waals surface area contributed by atoms with Gasteiger partial charge in [0.1, 0.15) is 5.60 Å². The molecule has 0 bridgehead atoms. The fourth-order valence-corrected chi connectivity index (χ4v) is 2.59. The minimum Gasteiger partial charge on any atom is -0.393 e. The van der Waals surface area contributed by atoms with Crippen molar-refractivity contribution in [3.05, 3.63) is 40.5 Å². The first-order valence-electron chi connectivity index (χ1n) is 6.28. The molecule has 1 aromatic rings. The summed E-state index contributed by atoms with van der Waals surface area (Å²) >= 11 is 0. The van der Waals surface area contributed by atoms with Gasteiger partial charge in [-0.3, -0.25) is 0 Å². The molecule has 0 saturated heterocycles. The third-order valence-electron chi connectivity index (χ3n) is 3.74. The zero-order valence-electron chi connectivity index (χ0n) is 10.8. The molecule has 0 spiro atoms. The van der Waals surface area contributed by atoms with Crippen molar-refractivity contribution in [2.45, 2.75) is 38.4 Å². The average Bonchev–Trinajstić information content (AvgIpc) is 2.37. The van der Waals surface area contributed by atoms with Crippen molar-refractivity contribution in [2.24, 2.45) is 0 Å². The number of hydrogen-bond acceptors (Lipinski definition) is 3. The fourth-order valence-electron chi connectivity index (χ4n) is 2.59. The van der Waals surface area contributed by atoms with E-state index in [0.29, 0.717) is 17.0 Å². The quantitative estimate of drug-likeness (QED) is 0.765. The first-order chi connectivity index (χ1) is 8.51. The van der Waals surface area contributed by atoms with Crippen molar-refractivity contribution < 1.29 is 15.3 Å². The molecule has 3 N–H and O–H groups in total. The molecule has 18 heavy (non-hydrogen) atoms. The number of benzene rings is 1. The van der Waals surface area contributed by atoms with E-state index < -0.39 is 5.60 Å². The highest BCUT2D eigenvalue weighted by atomic mass is 16.3. The summed E-state index contributed by atoms with van der Waals surface area (Å²) in [5, 5.41) is 29.1. The predicted molar refractivity (Wildman–Crippen MR) is 71.1 cm³/mol. The summed E-state index contributed by atoms with van der Waals surface area (Å²) in [6, 6.07) is 3.80. The number of rotatable bonds is 3. The van der Waals surface area contributed by atoms with Gasteiger partial charge in [0.25, 0.3) is 0 Å². The third kappa shape index (κ3) is 2.09. The molecule has 0 radical (unpaired) electrons. The van der Waals surface area contributed by atoms with E-state index in [-0.39, 0.29) is 13.2 Å². The zero-order chi connectivity index (χ0) is 13.3. The van der Waals surface area contributed by atoms with Crippen LogP contribution in [0.3, 0.4) is 0 Å². The van der Waals surface area contributed by atoms with Gasteiger partial charge in [-0.1, -0.05) is 31.2 Å². The van der Waals surface area contributed by atoms with Crippen LogP contribution < -0.4 is 0 Å². The Morgan fingerprint density at radius 2 is 2.06 bits per heavy atom. The topological polar surface area (TPSA) is 60.7 Å². The fraction of sp³-hybridized carbons (Fsp3) is 0.467. The molecule has 1 aliphatic carbocycles. The average molecular weight is 248 g/mol. The summed E-state index contributed by atoms with van der Waals surface area (Å²) in [4.78, 5) is 0. The van der Waals surface area contributed by atoms with E-state index in [4.69, 9.17) is 0 Å². The second kappa shape index (κ2) is 4.84. The van der Waals surface area contributed by atoms with Crippen molar-refractivity contribution in [1.29, 1.82) is 0 Å². The number of hydrogen-bond donors (Lipinski definition) is 3. The minimum absolute atomic E-state index is 0.133. The maximum Gasteiger partial charge on any atom is 0.110 e. The third-order valence-corrected chi connectivity index (χ3v) is 3.74. The molecule has 0 heterocycles. The van der Waals surface area contributed by atoms with Gasteiger partial charge < -0.3 is 15.3 Å². The van der Waals surface area contributed by atoms with E-state index in [0.717, 1.165) is 12.0 Å². The van der Waals surface area contributed by atoms with Crippen LogP contribution in [0.5, 0.6) is 0 Å². The molecule has 2 rings (SSSR count). The first-order valence-corrected chi connectivity index (χ1v) is 6.28. The van der Waals surface area contributed by atoms with Crippen LogP contribution in [0.25, 0.3) is 6.08 Å². The molecule has 0 amide bonds. The van der Waals surface area contributed by atoms with Crippen molar-refractivity contribution >= 4 is 6.08 Å².